The van der Waals surface area contributed by atoms with Crippen LogP contribution in [-0.2, 0) is 0 Å². The highest BCUT2D eigenvalue weighted by Crippen LogP contribution is 1.48. The number of rotatable bonds is 1. The highest BCUT2D eigenvalue weighted by Gasteiger charge is 1.48. The first-order chi connectivity index (χ1) is 1.91. The Morgan fingerprint density at radius 3 is 1.67 bits per heavy atom. The fourth-order valence-electron chi connectivity index (χ4n) is 0. The molecule has 0 aromatic heterocycles. The summed E-state index contributed by atoms with van der Waals surface area (Å²) >= 11 is 0. The van der Waals surface area contributed by atoms with Crippen molar-refractivity contribution in [2.45, 2.75) is 6.55 Å². The first kappa shape index (κ1) is 16.0. The van der Waals surface area contributed by atoms with E-state index >= 15 is 0 Å². The topological polar surface area (TPSA) is 0 Å². The summed E-state index contributed by atoms with van der Waals surface area (Å²) in [7, 11) is 0.188. The Labute approximate surface area is 53.7 Å². The Hall–Kier alpha value is 0.537. The van der Waals surface area contributed by atoms with Gasteiger partial charge in [0, 0.05) is 9.52 Å². The zero-order chi connectivity index (χ0) is 3.41. The Balaban J connectivity index is -0.0000000450. The van der Waals surface area contributed by atoms with Gasteiger partial charge in [0.25, 0.3) is 0 Å². The van der Waals surface area contributed by atoms with Crippen molar-refractivity contribution in [3.05, 3.63) is 12.3 Å². The molecular formula is C3H10Cl2Si. The van der Waals surface area contributed by atoms with Crippen LogP contribution in [-0.4, -0.2) is 9.52 Å². The third kappa shape index (κ3) is 24.0. The third-order valence-electron chi connectivity index (χ3n) is 0.289. The zero-order valence-corrected chi connectivity index (χ0v) is 6.86. The molecule has 0 unspecified atom stereocenters. The van der Waals surface area contributed by atoms with Gasteiger partial charge in [-0.2, -0.15) is 0 Å². The van der Waals surface area contributed by atoms with E-state index in [1.807, 2.05) is 5.70 Å². The predicted molar refractivity (Wildman–Crippen MR) is 39.1 cm³/mol. The average molecular weight is 145 g/mol. The summed E-state index contributed by atoms with van der Waals surface area (Å²) in [6, 6.07) is 0. The molecule has 0 rings (SSSR count). The Kier molecular flexibility index (Phi) is 47.3. The van der Waals surface area contributed by atoms with Gasteiger partial charge < -0.3 is 0 Å². The van der Waals surface area contributed by atoms with Crippen molar-refractivity contribution >= 4 is 34.3 Å². The summed E-state index contributed by atoms with van der Waals surface area (Å²) in [5, 5.41) is 0. The Bertz CT molecular complexity index is 22.8. The smallest absolute Gasteiger partial charge is 0.0415 e. The van der Waals surface area contributed by atoms with E-state index in [9.17, 15) is 0 Å². The van der Waals surface area contributed by atoms with Crippen molar-refractivity contribution in [3.63, 3.8) is 0 Å². The SMILES string of the molecule is C=C[SiH2]C.Cl.Cl. The van der Waals surface area contributed by atoms with Gasteiger partial charge in [0.15, 0.2) is 0 Å². The van der Waals surface area contributed by atoms with Gasteiger partial charge in [-0.1, -0.05) is 6.55 Å². The van der Waals surface area contributed by atoms with Gasteiger partial charge in [-0.15, -0.1) is 37.1 Å². The van der Waals surface area contributed by atoms with Gasteiger partial charge >= 0.3 is 0 Å². The van der Waals surface area contributed by atoms with Crippen LogP contribution >= 0.6 is 24.8 Å². The lowest BCUT2D eigenvalue weighted by atomic mass is 11.3. The van der Waals surface area contributed by atoms with Crippen LogP contribution in [0.1, 0.15) is 0 Å². The molecule has 0 atom stereocenters. The van der Waals surface area contributed by atoms with Crippen molar-refractivity contribution < 1.29 is 0 Å². The van der Waals surface area contributed by atoms with Crippen LogP contribution in [0, 0.1) is 0 Å². The fourth-order valence-corrected chi connectivity index (χ4v) is 0. The minimum atomic E-state index is 0. The molecule has 0 radical (unpaired) electrons. The molecule has 0 fully saturated rings. The van der Waals surface area contributed by atoms with Gasteiger partial charge in [-0.25, -0.2) is 0 Å². The summed E-state index contributed by atoms with van der Waals surface area (Å²) in [4.78, 5) is 0. The lowest BCUT2D eigenvalue weighted by Crippen LogP contribution is -1.61. The molecule has 0 aromatic rings. The Morgan fingerprint density at radius 2 is 1.67 bits per heavy atom. The molecule has 0 aliphatic carbocycles. The van der Waals surface area contributed by atoms with Crippen molar-refractivity contribution in [3.8, 4) is 0 Å². The van der Waals surface area contributed by atoms with Crippen LogP contribution in [0.3, 0.4) is 0 Å². The summed E-state index contributed by atoms with van der Waals surface area (Å²) in [6.07, 6.45) is 0. The maximum atomic E-state index is 3.54. The van der Waals surface area contributed by atoms with E-state index in [1.165, 1.54) is 0 Å². The lowest BCUT2D eigenvalue weighted by Gasteiger charge is -1.55. The van der Waals surface area contributed by atoms with Crippen molar-refractivity contribution in [1.29, 1.82) is 0 Å². The molecular weight excluding hydrogens is 135 g/mol. The molecule has 3 heteroatoms. The van der Waals surface area contributed by atoms with Gasteiger partial charge in [-0.05, 0) is 0 Å². The van der Waals surface area contributed by atoms with E-state index in [0.717, 1.165) is 0 Å². The predicted octanol–water partition coefficient (Wildman–Crippen LogP) is 1.19. The molecule has 0 amide bonds. The normalized spacial score (nSPS) is 6.17. The van der Waals surface area contributed by atoms with E-state index in [4.69, 9.17) is 0 Å². The molecule has 0 aliphatic heterocycles. The largest absolute Gasteiger partial charge is 0.147 e. The van der Waals surface area contributed by atoms with E-state index in [0.29, 0.717) is 0 Å². The van der Waals surface area contributed by atoms with Gasteiger partial charge in [0.1, 0.15) is 0 Å². The Morgan fingerprint density at radius 1 is 1.50 bits per heavy atom. The van der Waals surface area contributed by atoms with E-state index < -0.39 is 0 Å². The molecule has 0 aromatic carbocycles. The van der Waals surface area contributed by atoms with Gasteiger partial charge in [0.2, 0.25) is 0 Å². The third-order valence-corrected chi connectivity index (χ3v) is 0.866. The molecule has 0 bridgehead atoms. The summed E-state index contributed by atoms with van der Waals surface area (Å²) in [5.41, 5.74) is 2.01. The number of hydrogen-bond acceptors (Lipinski definition) is 0. The minimum Gasteiger partial charge on any atom is -0.147 e. The van der Waals surface area contributed by atoms with Crippen LogP contribution in [0.15, 0.2) is 12.3 Å². The number of hydrogen-bond donors (Lipinski definition) is 0. The van der Waals surface area contributed by atoms with Crippen LogP contribution in [0.4, 0.5) is 0 Å². The molecule has 40 valence electrons. The van der Waals surface area contributed by atoms with E-state index in [1.54, 1.807) is 0 Å². The van der Waals surface area contributed by atoms with Crippen LogP contribution in [0.2, 0.25) is 6.55 Å². The second kappa shape index (κ2) is 17.7. The van der Waals surface area contributed by atoms with Crippen molar-refractivity contribution in [2.75, 3.05) is 0 Å². The molecule has 0 spiro atoms. The monoisotopic (exact) mass is 144 g/mol. The zero-order valence-electron chi connectivity index (χ0n) is 3.81. The van der Waals surface area contributed by atoms with Crippen LogP contribution < -0.4 is 0 Å². The average Bonchev–Trinajstić information content (AvgIpc) is 1.37. The molecule has 0 nitrogen and oxygen atoms in total. The molecule has 0 N–H and O–H groups in total. The second-order valence-electron chi connectivity index (χ2n) is 0.697. The van der Waals surface area contributed by atoms with Crippen LogP contribution in [0.25, 0.3) is 0 Å². The molecule has 0 aliphatic rings. The summed E-state index contributed by atoms with van der Waals surface area (Å²) in [5.74, 6) is 0. The quantitative estimate of drug-likeness (QED) is 0.486. The van der Waals surface area contributed by atoms with Gasteiger partial charge in [-0.3, -0.25) is 0 Å². The maximum Gasteiger partial charge on any atom is 0.0415 e. The second-order valence-corrected chi connectivity index (χ2v) is 2.09. The first-order valence-corrected chi connectivity index (χ1v) is 3.75. The van der Waals surface area contributed by atoms with Crippen molar-refractivity contribution in [1.82, 2.24) is 0 Å². The standard InChI is InChI=1S/C3H8Si.2ClH/c1-3-4-2;;/h3H,1,4H2,2H3;2*1H. The molecule has 6 heavy (non-hydrogen) atoms. The fraction of sp³-hybridized carbons (Fsp3) is 0.333. The maximum absolute atomic E-state index is 3.54. The van der Waals surface area contributed by atoms with Gasteiger partial charge in [0.05, 0.1) is 0 Å². The molecule has 0 heterocycles. The highest BCUT2D eigenvalue weighted by molar-refractivity contribution is 6.39. The highest BCUT2D eigenvalue weighted by atomic mass is 35.5. The first-order valence-electron chi connectivity index (χ1n) is 1.52. The van der Waals surface area contributed by atoms with Crippen LogP contribution in [0.5, 0.6) is 0 Å². The molecule has 0 saturated carbocycles. The summed E-state index contributed by atoms with van der Waals surface area (Å²) in [6.45, 7) is 5.74. The lowest BCUT2D eigenvalue weighted by molar-refractivity contribution is 2.26. The van der Waals surface area contributed by atoms with Crippen molar-refractivity contribution in [2.24, 2.45) is 0 Å². The minimum absolute atomic E-state index is 0. The number of halogens is 2. The summed E-state index contributed by atoms with van der Waals surface area (Å²) < 4.78 is 0. The molecule has 0 saturated heterocycles. The van der Waals surface area contributed by atoms with E-state index in [-0.39, 0.29) is 34.3 Å². The van der Waals surface area contributed by atoms with E-state index in [2.05, 4.69) is 13.1 Å².